The molecule has 4 nitrogen and oxygen atoms in total. The first-order valence-electron chi connectivity index (χ1n) is 8.78. The number of morpholine rings is 1. The van der Waals surface area contributed by atoms with Gasteiger partial charge in [0.25, 0.3) is 0 Å². The van der Waals surface area contributed by atoms with Crippen molar-refractivity contribution in [1.82, 2.24) is 5.32 Å². The lowest BCUT2D eigenvalue weighted by Crippen LogP contribution is -2.36. The average molecular weight is 354 g/mol. The average Bonchev–Trinajstić information content (AvgIpc) is 2.67. The number of anilines is 1. The predicted octanol–water partition coefficient (Wildman–Crippen LogP) is 3.55. The Morgan fingerprint density at radius 2 is 1.92 bits per heavy atom. The second-order valence-electron chi connectivity index (χ2n) is 6.32. The van der Waals surface area contributed by atoms with E-state index in [2.05, 4.69) is 10.2 Å². The fraction of sp³-hybridized carbons (Fsp3) is 0.286. The van der Waals surface area contributed by atoms with Gasteiger partial charge in [0.15, 0.2) is 0 Å². The number of carbonyl (C=O) groups is 1. The number of amides is 1. The molecule has 1 saturated heterocycles. The van der Waals surface area contributed by atoms with Gasteiger partial charge in [0.2, 0.25) is 5.91 Å². The smallest absolute Gasteiger partial charge is 0.244 e. The van der Waals surface area contributed by atoms with Gasteiger partial charge in [0, 0.05) is 24.9 Å². The highest BCUT2D eigenvalue weighted by atomic mass is 19.1. The molecule has 1 N–H and O–H groups in total. The lowest BCUT2D eigenvalue weighted by Gasteiger charge is -2.29. The van der Waals surface area contributed by atoms with E-state index >= 15 is 0 Å². The molecule has 1 amide bonds. The maximum Gasteiger partial charge on any atom is 0.244 e. The topological polar surface area (TPSA) is 41.6 Å². The lowest BCUT2D eigenvalue weighted by atomic mass is 10.1. The molecule has 2 aromatic carbocycles. The van der Waals surface area contributed by atoms with Crippen LogP contribution in [0.1, 0.15) is 24.1 Å². The highest BCUT2D eigenvalue weighted by Crippen LogP contribution is 2.23. The Bertz CT molecular complexity index is 771. The van der Waals surface area contributed by atoms with Gasteiger partial charge in [-0.3, -0.25) is 4.79 Å². The summed E-state index contributed by atoms with van der Waals surface area (Å²) in [5, 5.41) is 2.89. The van der Waals surface area contributed by atoms with Crippen molar-refractivity contribution in [3.63, 3.8) is 0 Å². The summed E-state index contributed by atoms with van der Waals surface area (Å²) in [5.41, 5.74) is 2.52. The molecule has 1 aliphatic rings. The molecule has 1 fully saturated rings. The van der Waals surface area contributed by atoms with Crippen molar-refractivity contribution in [2.24, 2.45) is 0 Å². The molecule has 3 rings (SSSR count). The fourth-order valence-corrected chi connectivity index (χ4v) is 2.93. The highest BCUT2D eigenvalue weighted by molar-refractivity contribution is 5.91. The summed E-state index contributed by atoms with van der Waals surface area (Å²) >= 11 is 0. The number of rotatable bonds is 5. The van der Waals surface area contributed by atoms with E-state index in [1.165, 1.54) is 18.2 Å². The van der Waals surface area contributed by atoms with E-state index in [0.29, 0.717) is 13.2 Å². The Hall–Kier alpha value is -2.66. The van der Waals surface area contributed by atoms with E-state index < -0.39 is 0 Å². The Morgan fingerprint density at radius 3 is 2.65 bits per heavy atom. The minimum absolute atomic E-state index is 0.210. The predicted molar refractivity (Wildman–Crippen MR) is 101 cm³/mol. The van der Waals surface area contributed by atoms with Crippen molar-refractivity contribution >= 4 is 17.7 Å². The zero-order chi connectivity index (χ0) is 18.4. The Balaban J connectivity index is 1.67. The number of halogens is 1. The van der Waals surface area contributed by atoms with E-state index in [4.69, 9.17) is 4.74 Å². The minimum atomic E-state index is -0.301. The van der Waals surface area contributed by atoms with Crippen molar-refractivity contribution in [3.05, 3.63) is 71.6 Å². The number of hydrogen-bond donors (Lipinski definition) is 1. The van der Waals surface area contributed by atoms with Crippen molar-refractivity contribution in [1.29, 1.82) is 0 Å². The van der Waals surface area contributed by atoms with Crippen LogP contribution in [0.4, 0.5) is 10.1 Å². The number of nitrogens with one attached hydrogen (secondary N) is 1. The molecule has 0 spiro atoms. The monoisotopic (exact) mass is 354 g/mol. The molecule has 136 valence electrons. The Morgan fingerprint density at radius 1 is 1.19 bits per heavy atom. The van der Waals surface area contributed by atoms with Crippen LogP contribution in [0, 0.1) is 5.82 Å². The van der Waals surface area contributed by atoms with E-state index in [9.17, 15) is 9.18 Å². The fourth-order valence-electron chi connectivity index (χ4n) is 2.93. The zero-order valence-corrected chi connectivity index (χ0v) is 14.8. The van der Waals surface area contributed by atoms with Gasteiger partial charge in [0.1, 0.15) is 5.82 Å². The Labute approximate surface area is 153 Å². The van der Waals surface area contributed by atoms with Crippen LogP contribution in [0.25, 0.3) is 6.08 Å². The van der Waals surface area contributed by atoms with E-state index in [0.717, 1.165) is 29.9 Å². The summed E-state index contributed by atoms with van der Waals surface area (Å²) in [6.45, 7) is 4.61. The molecule has 0 bridgehead atoms. The van der Waals surface area contributed by atoms with Gasteiger partial charge >= 0.3 is 0 Å². The zero-order valence-electron chi connectivity index (χ0n) is 14.8. The van der Waals surface area contributed by atoms with Crippen LogP contribution in [0.2, 0.25) is 0 Å². The van der Waals surface area contributed by atoms with Gasteiger partial charge in [-0.25, -0.2) is 4.39 Å². The van der Waals surface area contributed by atoms with Gasteiger partial charge in [-0.05, 0) is 42.3 Å². The maximum atomic E-state index is 14.1. The standard InChI is InChI=1S/C21H23FN2O2/c1-16(23-21(25)8-7-17-5-3-2-4-6-17)18-13-19(22)15-20(14-18)24-9-11-26-12-10-24/h2-8,13-16H,9-12H2,1H3,(H,23,25). The van der Waals surface area contributed by atoms with Gasteiger partial charge < -0.3 is 15.0 Å². The third-order valence-electron chi connectivity index (χ3n) is 4.37. The van der Waals surface area contributed by atoms with Crippen molar-refractivity contribution in [3.8, 4) is 0 Å². The van der Waals surface area contributed by atoms with Crippen LogP contribution in [-0.4, -0.2) is 32.2 Å². The third kappa shape index (κ3) is 4.92. The van der Waals surface area contributed by atoms with Gasteiger partial charge in [-0.2, -0.15) is 0 Å². The van der Waals surface area contributed by atoms with Crippen LogP contribution < -0.4 is 10.2 Å². The highest BCUT2D eigenvalue weighted by Gasteiger charge is 2.15. The van der Waals surface area contributed by atoms with E-state index in [-0.39, 0.29) is 17.8 Å². The van der Waals surface area contributed by atoms with Crippen LogP contribution >= 0.6 is 0 Å². The second kappa shape index (κ2) is 8.63. The molecule has 1 unspecified atom stereocenters. The summed E-state index contributed by atoms with van der Waals surface area (Å²) < 4.78 is 19.4. The molecule has 1 aliphatic heterocycles. The molecule has 5 heteroatoms. The molecule has 26 heavy (non-hydrogen) atoms. The summed E-state index contributed by atoms with van der Waals surface area (Å²) in [7, 11) is 0. The lowest BCUT2D eigenvalue weighted by molar-refractivity contribution is -0.117. The second-order valence-corrected chi connectivity index (χ2v) is 6.32. The van der Waals surface area contributed by atoms with Crippen molar-refractivity contribution in [2.75, 3.05) is 31.2 Å². The molecule has 0 aromatic heterocycles. The first kappa shape index (κ1) is 18.1. The third-order valence-corrected chi connectivity index (χ3v) is 4.37. The summed E-state index contributed by atoms with van der Waals surface area (Å²) in [6.07, 6.45) is 3.25. The molecule has 0 saturated carbocycles. The summed E-state index contributed by atoms with van der Waals surface area (Å²) in [6, 6.07) is 14.2. The first-order valence-corrected chi connectivity index (χ1v) is 8.78. The van der Waals surface area contributed by atoms with Crippen LogP contribution in [0.5, 0.6) is 0 Å². The number of carbonyl (C=O) groups excluding carboxylic acids is 1. The van der Waals surface area contributed by atoms with Crippen molar-refractivity contribution in [2.45, 2.75) is 13.0 Å². The number of nitrogens with zero attached hydrogens (tertiary/aromatic N) is 1. The van der Waals surface area contributed by atoms with Crippen LogP contribution in [0.15, 0.2) is 54.6 Å². The normalized spacial score (nSPS) is 15.8. The quantitative estimate of drug-likeness (QED) is 0.835. The molecule has 0 radical (unpaired) electrons. The first-order chi connectivity index (χ1) is 12.6. The SMILES string of the molecule is CC(NC(=O)C=Cc1ccccc1)c1cc(F)cc(N2CCOCC2)c1. The van der Waals surface area contributed by atoms with E-state index in [1.807, 2.05) is 43.3 Å². The molecule has 0 aliphatic carbocycles. The molecule has 1 heterocycles. The van der Waals surface area contributed by atoms with Crippen LogP contribution in [-0.2, 0) is 9.53 Å². The van der Waals surface area contributed by atoms with Crippen molar-refractivity contribution < 1.29 is 13.9 Å². The van der Waals surface area contributed by atoms with Crippen LogP contribution in [0.3, 0.4) is 0 Å². The number of hydrogen-bond acceptors (Lipinski definition) is 3. The maximum absolute atomic E-state index is 14.1. The van der Waals surface area contributed by atoms with Gasteiger partial charge in [-0.15, -0.1) is 0 Å². The Kier molecular flexibility index (Phi) is 6.02. The molecule has 2 aromatic rings. The van der Waals surface area contributed by atoms with Gasteiger partial charge in [0.05, 0.1) is 19.3 Å². The largest absolute Gasteiger partial charge is 0.378 e. The van der Waals surface area contributed by atoms with E-state index in [1.54, 1.807) is 6.08 Å². The molecule has 1 atom stereocenters. The number of ether oxygens (including phenoxy) is 1. The summed E-state index contributed by atoms with van der Waals surface area (Å²) in [5.74, 6) is -0.511. The minimum Gasteiger partial charge on any atom is -0.378 e. The summed E-state index contributed by atoms with van der Waals surface area (Å²) in [4.78, 5) is 14.3. The number of benzene rings is 2. The van der Waals surface area contributed by atoms with Gasteiger partial charge in [-0.1, -0.05) is 30.3 Å². The molecular formula is C21H23FN2O2. The molecular weight excluding hydrogens is 331 g/mol.